The predicted octanol–water partition coefficient (Wildman–Crippen LogP) is 1.82. The van der Waals surface area contributed by atoms with E-state index in [1.807, 2.05) is 19.9 Å². The quantitative estimate of drug-likeness (QED) is 0.416. The zero-order chi connectivity index (χ0) is 11.0. The summed E-state index contributed by atoms with van der Waals surface area (Å²) in [6.45, 7) is 3.86. The average Bonchev–Trinajstić information content (AvgIpc) is 2.17. The van der Waals surface area contributed by atoms with E-state index in [0.29, 0.717) is 0 Å². The SMILES string of the molecule is COC(=O)/C=C(\C)CC/C=C(\C)CO. The van der Waals surface area contributed by atoms with Gasteiger partial charge >= 0.3 is 5.97 Å². The largest absolute Gasteiger partial charge is 0.466 e. The minimum atomic E-state index is -0.314. The number of carbonyl (C=O) groups is 1. The van der Waals surface area contributed by atoms with E-state index >= 15 is 0 Å². The van der Waals surface area contributed by atoms with Crippen molar-refractivity contribution >= 4 is 5.97 Å². The van der Waals surface area contributed by atoms with E-state index in [0.717, 1.165) is 24.0 Å². The molecule has 0 fully saturated rings. The zero-order valence-electron chi connectivity index (χ0n) is 9.04. The molecular formula is C11H18O3. The molecule has 14 heavy (non-hydrogen) atoms. The summed E-state index contributed by atoms with van der Waals surface area (Å²) in [5.74, 6) is -0.314. The minimum absolute atomic E-state index is 0.0970. The second-order valence-electron chi connectivity index (χ2n) is 3.26. The van der Waals surface area contributed by atoms with E-state index in [1.54, 1.807) is 0 Å². The number of rotatable bonds is 5. The smallest absolute Gasteiger partial charge is 0.330 e. The van der Waals surface area contributed by atoms with E-state index in [2.05, 4.69) is 4.74 Å². The van der Waals surface area contributed by atoms with Gasteiger partial charge in [0, 0.05) is 6.08 Å². The molecule has 3 nitrogen and oxygen atoms in total. The van der Waals surface area contributed by atoms with E-state index < -0.39 is 0 Å². The van der Waals surface area contributed by atoms with Crippen molar-refractivity contribution in [3.63, 3.8) is 0 Å². The molecule has 0 saturated carbocycles. The number of esters is 1. The van der Waals surface area contributed by atoms with Crippen LogP contribution in [0.5, 0.6) is 0 Å². The van der Waals surface area contributed by atoms with Gasteiger partial charge in [-0.3, -0.25) is 0 Å². The second-order valence-corrected chi connectivity index (χ2v) is 3.26. The Morgan fingerprint density at radius 2 is 2.00 bits per heavy atom. The number of hydrogen-bond donors (Lipinski definition) is 1. The van der Waals surface area contributed by atoms with Crippen molar-refractivity contribution in [3.05, 3.63) is 23.3 Å². The Balaban J connectivity index is 3.90. The van der Waals surface area contributed by atoms with Crippen LogP contribution in [0, 0.1) is 0 Å². The van der Waals surface area contributed by atoms with Crippen LogP contribution >= 0.6 is 0 Å². The lowest BCUT2D eigenvalue weighted by atomic mass is 10.1. The first-order chi connectivity index (χ1) is 6.60. The van der Waals surface area contributed by atoms with Gasteiger partial charge in [0.15, 0.2) is 0 Å². The van der Waals surface area contributed by atoms with Gasteiger partial charge in [-0.05, 0) is 26.7 Å². The first-order valence-electron chi connectivity index (χ1n) is 4.61. The van der Waals surface area contributed by atoms with Gasteiger partial charge in [-0.2, -0.15) is 0 Å². The molecule has 0 aromatic rings. The molecule has 0 aliphatic heterocycles. The Labute approximate surface area is 85.1 Å². The summed E-state index contributed by atoms with van der Waals surface area (Å²) in [5, 5.41) is 8.73. The van der Waals surface area contributed by atoms with Gasteiger partial charge < -0.3 is 9.84 Å². The third kappa shape index (κ3) is 6.43. The van der Waals surface area contributed by atoms with Crippen molar-refractivity contribution in [1.82, 2.24) is 0 Å². The lowest BCUT2D eigenvalue weighted by Crippen LogP contribution is -1.95. The minimum Gasteiger partial charge on any atom is -0.466 e. The Hall–Kier alpha value is -1.09. The van der Waals surface area contributed by atoms with Crippen LogP contribution in [0.15, 0.2) is 23.3 Å². The maximum atomic E-state index is 10.8. The molecule has 80 valence electrons. The zero-order valence-corrected chi connectivity index (χ0v) is 9.04. The lowest BCUT2D eigenvalue weighted by molar-refractivity contribution is -0.134. The summed E-state index contributed by atoms with van der Waals surface area (Å²) in [6.07, 6.45) is 5.11. The van der Waals surface area contributed by atoms with Crippen LogP contribution in [-0.2, 0) is 9.53 Å². The molecular weight excluding hydrogens is 180 g/mol. The summed E-state index contributed by atoms with van der Waals surface area (Å²) in [7, 11) is 1.36. The molecule has 0 unspecified atom stereocenters. The molecule has 0 saturated heterocycles. The average molecular weight is 198 g/mol. The lowest BCUT2D eigenvalue weighted by Gasteiger charge is -1.98. The molecule has 0 bridgehead atoms. The molecule has 0 atom stereocenters. The topological polar surface area (TPSA) is 46.5 Å². The van der Waals surface area contributed by atoms with Crippen molar-refractivity contribution < 1.29 is 14.6 Å². The van der Waals surface area contributed by atoms with E-state index in [4.69, 9.17) is 5.11 Å². The molecule has 1 N–H and O–H groups in total. The second kappa shape index (κ2) is 7.33. The molecule has 0 aromatic heterocycles. The molecule has 0 aromatic carbocycles. The predicted molar refractivity (Wildman–Crippen MR) is 55.8 cm³/mol. The summed E-state index contributed by atoms with van der Waals surface area (Å²) < 4.78 is 4.50. The van der Waals surface area contributed by atoms with Gasteiger partial charge in [-0.15, -0.1) is 0 Å². The Morgan fingerprint density at radius 1 is 1.36 bits per heavy atom. The molecule has 0 aliphatic rings. The maximum absolute atomic E-state index is 10.8. The highest BCUT2D eigenvalue weighted by Gasteiger charge is 1.95. The van der Waals surface area contributed by atoms with Crippen molar-refractivity contribution in [1.29, 1.82) is 0 Å². The van der Waals surface area contributed by atoms with Crippen molar-refractivity contribution in [2.75, 3.05) is 13.7 Å². The number of ether oxygens (including phenoxy) is 1. The summed E-state index contributed by atoms with van der Waals surface area (Å²) >= 11 is 0. The Bertz CT molecular complexity index is 239. The molecule has 0 spiro atoms. The highest BCUT2D eigenvalue weighted by atomic mass is 16.5. The van der Waals surface area contributed by atoms with E-state index in [-0.39, 0.29) is 12.6 Å². The monoisotopic (exact) mass is 198 g/mol. The first kappa shape index (κ1) is 12.9. The fourth-order valence-electron chi connectivity index (χ4n) is 0.943. The number of aliphatic hydroxyl groups excluding tert-OH is 1. The van der Waals surface area contributed by atoms with Gasteiger partial charge in [-0.25, -0.2) is 4.79 Å². The normalized spacial score (nSPS) is 12.9. The molecule has 0 aliphatic carbocycles. The molecule has 0 amide bonds. The van der Waals surface area contributed by atoms with Crippen LogP contribution in [0.4, 0.5) is 0 Å². The van der Waals surface area contributed by atoms with Crippen LogP contribution in [0.25, 0.3) is 0 Å². The van der Waals surface area contributed by atoms with Crippen molar-refractivity contribution in [3.8, 4) is 0 Å². The number of allylic oxidation sites excluding steroid dienone is 2. The summed E-state index contributed by atoms with van der Waals surface area (Å²) in [4.78, 5) is 10.8. The maximum Gasteiger partial charge on any atom is 0.330 e. The Kier molecular flexibility index (Phi) is 6.76. The number of methoxy groups -OCH3 is 1. The standard InChI is InChI=1S/C11H18O3/c1-9(7-11(13)14-3)5-4-6-10(2)8-12/h6-7,12H,4-5,8H2,1-3H3/b9-7+,10-6+. The fourth-order valence-corrected chi connectivity index (χ4v) is 0.943. The van der Waals surface area contributed by atoms with E-state index in [9.17, 15) is 4.79 Å². The third-order valence-electron chi connectivity index (χ3n) is 1.85. The third-order valence-corrected chi connectivity index (χ3v) is 1.85. The first-order valence-corrected chi connectivity index (χ1v) is 4.61. The van der Waals surface area contributed by atoms with Gasteiger partial charge in [0.05, 0.1) is 13.7 Å². The highest BCUT2D eigenvalue weighted by molar-refractivity contribution is 5.82. The van der Waals surface area contributed by atoms with Crippen molar-refractivity contribution in [2.24, 2.45) is 0 Å². The van der Waals surface area contributed by atoms with E-state index in [1.165, 1.54) is 13.2 Å². The molecule has 3 heteroatoms. The van der Waals surface area contributed by atoms with Gasteiger partial charge in [-0.1, -0.05) is 17.2 Å². The van der Waals surface area contributed by atoms with Crippen LogP contribution in [-0.4, -0.2) is 24.8 Å². The van der Waals surface area contributed by atoms with Gasteiger partial charge in [0.2, 0.25) is 0 Å². The highest BCUT2D eigenvalue weighted by Crippen LogP contribution is 2.06. The number of aliphatic hydroxyl groups is 1. The molecule has 0 radical (unpaired) electrons. The molecule has 0 heterocycles. The summed E-state index contributed by atoms with van der Waals surface area (Å²) in [6, 6.07) is 0. The Morgan fingerprint density at radius 3 is 2.50 bits per heavy atom. The van der Waals surface area contributed by atoms with Crippen LogP contribution in [0.1, 0.15) is 26.7 Å². The van der Waals surface area contributed by atoms with Crippen LogP contribution in [0.2, 0.25) is 0 Å². The number of hydrogen-bond acceptors (Lipinski definition) is 3. The van der Waals surface area contributed by atoms with Crippen LogP contribution < -0.4 is 0 Å². The van der Waals surface area contributed by atoms with Crippen molar-refractivity contribution in [2.45, 2.75) is 26.7 Å². The van der Waals surface area contributed by atoms with Gasteiger partial charge in [0.25, 0.3) is 0 Å². The van der Waals surface area contributed by atoms with Crippen LogP contribution in [0.3, 0.4) is 0 Å². The summed E-state index contributed by atoms with van der Waals surface area (Å²) in [5.41, 5.74) is 1.94. The van der Waals surface area contributed by atoms with Gasteiger partial charge in [0.1, 0.15) is 0 Å². The number of carbonyl (C=O) groups excluding carboxylic acids is 1. The fraction of sp³-hybridized carbons (Fsp3) is 0.545. The molecule has 0 rings (SSSR count).